The molecule has 2 fully saturated rings. The van der Waals surface area contributed by atoms with Crippen LogP contribution in [0.4, 0.5) is 5.69 Å². The van der Waals surface area contributed by atoms with Gasteiger partial charge in [-0.1, -0.05) is 12.8 Å². The number of morpholine rings is 1. The lowest BCUT2D eigenvalue weighted by Crippen LogP contribution is -2.54. The standard InChI is InChI=1S/C14H19N3O2.ClH/c15-10-5-6-11(16-9-10)14(18)17-7-8-19-13-4-2-1-3-12(13)17;/h5-6,9,12-13H,1-4,7-8,15H2;1H. The van der Waals surface area contributed by atoms with E-state index < -0.39 is 0 Å². The summed E-state index contributed by atoms with van der Waals surface area (Å²) in [5, 5.41) is 0. The lowest BCUT2D eigenvalue weighted by atomic mass is 9.90. The van der Waals surface area contributed by atoms with Crippen LogP contribution in [0.3, 0.4) is 0 Å². The molecule has 1 saturated carbocycles. The van der Waals surface area contributed by atoms with Crippen LogP contribution in [-0.2, 0) is 4.74 Å². The number of rotatable bonds is 1. The molecule has 110 valence electrons. The van der Waals surface area contributed by atoms with E-state index in [2.05, 4.69) is 4.98 Å². The summed E-state index contributed by atoms with van der Waals surface area (Å²) in [4.78, 5) is 18.6. The predicted octanol–water partition coefficient (Wildman–Crippen LogP) is 1.87. The van der Waals surface area contributed by atoms with Crippen LogP contribution < -0.4 is 5.73 Å². The summed E-state index contributed by atoms with van der Waals surface area (Å²) in [5.41, 5.74) is 6.65. The number of nitrogens with two attached hydrogens (primary N) is 1. The SMILES string of the molecule is Cl.Nc1ccc(C(=O)N2CCOC3CCCCC32)nc1. The highest BCUT2D eigenvalue weighted by atomic mass is 35.5. The molecule has 1 aliphatic heterocycles. The first-order valence-corrected chi connectivity index (χ1v) is 6.90. The number of anilines is 1. The highest BCUT2D eigenvalue weighted by molar-refractivity contribution is 5.92. The zero-order valence-electron chi connectivity index (χ0n) is 11.3. The number of hydrogen-bond acceptors (Lipinski definition) is 4. The van der Waals surface area contributed by atoms with Gasteiger partial charge in [-0.2, -0.15) is 0 Å². The van der Waals surface area contributed by atoms with Crippen molar-refractivity contribution in [2.45, 2.75) is 37.8 Å². The Morgan fingerprint density at radius 2 is 2.15 bits per heavy atom. The quantitative estimate of drug-likeness (QED) is 0.859. The molecule has 0 radical (unpaired) electrons. The molecular weight excluding hydrogens is 278 g/mol. The molecule has 2 heterocycles. The van der Waals surface area contributed by atoms with Crippen LogP contribution >= 0.6 is 12.4 Å². The second-order valence-corrected chi connectivity index (χ2v) is 5.24. The maximum atomic E-state index is 12.5. The van der Waals surface area contributed by atoms with E-state index in [9.17, 15) is 4.79 Å². The van der Waals surface area contributed by atoms with Crippen LogP contribution in [0.5, 0.6) is 0 Å². The van der Waals surface area contributed by atoms with Crippen LogP contribution in [0.25, 0.3) is 0 Å². The minimum atomic E-state index is 0. The molecule has 1 aromatic heterocycles. The Morgan fingerprint density at radius 1 is 1.35 bits per heavy atom. The third-order valence-electron chi connectivity index (χ3n) is 4.00. The highest BCUT2D eigenvalue weighted by Crippen LogP contribution is 2.29. The first kappa shape index (κ1) is 15.1. The molecule has 1 aliphatic carbocycles. The van der Waals surface area contributed by atoms with Crippen molar-refractivity contribution in [2.75, 3.05) is 18.9 Å². The maximum Gasteiger partial charge on any atom is 0.272 e. The number of hydrogen-bond donors (Lipinski definition) is 1. The summed E-state index contributed by atoms with van der Waals surface area (Å²) in [7, 11) is 0. The molecule has 5 nitrogen and oxygen atoms in total. The van der Waals surface area contributed by atoms with Gasteiger partial charge in [0, 0.05) is 6.54 Å². The molecule has 3 rings (SSSR count). The smallest absolute Gasteiger partial charge is 0.272 e. The number of ether oxygens (including phenoxy) is 1. The van der Waals surface area contributed by atoms with E-state index in [1.54, 1.807) is 12.1 Å². The fourth-order valence-electron chi connectivity index (χ4n) is 3.03. The van der Waals surface area contributed by atoms with Crippen molar-refractivity contribution in [1.82, 2.24) is 9.88 Å². The zero-order chi connectivity index (χ0) is 13.2. The molecular formula is C14H20ClN3O2. The van der Waals surface area contributed by atoms with Gasteiger partial charge >= 0.3 is 0 Å². The second-order valence-electron chi connectivity index (χ2n) is 5.24. The van der Waals surface area contributed by atoms with Gasteiger partial charge in [-0.25, -0.2) is 4.98 Å². The van der Waals surface area contributed by atoms with E-state index >= 15 is 0 Å². The minimum Gasteiger partial charge on any atom is -0.397 e. The topological polar surface area (TPSA) is 68.5 Å². The molecule has 1 amide bonds. The molecule has 2 aliphatic rings. The molecule has 0 bridgehead atoms. The van der Waals surface area contributed by atoms with Gasteiger partial charge in [-0.15, -0.1) is 12.4 Å². The van der Waals surface area contributed by atoms with Gasteiger partial charge in [0.25, 0.3) is 5.91 Å². The monoisotopic (exact) mass is 297 g/mol. The predicted molar refractivity (Wildman–Crippen MR) is 78.9 cm³/mol. The van der Waals surface area contributed by atoms with Crippen molar-refractivity contribution in [1.29, 1.82) is 0 Å². The number of fused-ring (bicyclic) bond motifs is 1. The Bertz CT molecular complexity index is 464. The summed E-state index contributed by atoms with van der Waals surface area (Å²) < 4.78 is 5.78. The molecule has 1 aromatic rings. The van der Waals surface area contributed by atoms with E-state index in [4.69, 9.17) is 10.5 Å². The second kappa shape index (κ2) is 6.41. The summed E-state index contributed by atoms with van der Waals surface area (Å²) in [6.07, 6.45) is 6.20. The van der Waals surface area contributed by atoms with Gasteiger partial charge in [0.1, 0.15) is 5.69 Å². The lowest BCUT2D eigenvalue weighted by Gasteiger charge is -2.43. The molecule has 1 saturated heterocycles. The van der Waals surface area contributed by atoms with E-state index in [-0.39, 0.29) is 30.5 Å². The first-order valence-electron chi connectivity index (χ1n) is 6.90. The van der Waals surface area contributed by atoms with E-state index in [0.29, 0.717) is 24.5 Å². The number of carbonyl (C=O) groups excluding carboxylic acids is 1. The van der Waals surface area contributed by atoms with Crippen molar-refractivity contribution in [3.8, 4) is 0 Å². The van der Waals surface area contributed by atoms with Crippen LogP contribution in [0, 0.1) is 0 Å². The Morgan fingerprint density at radius 3 is 2.90 bits per heavy atom. The third-order valence-corrected chi connectivity index (χ3v) is 4.00. The van der Waals surface area contributed by atoms with Gasteiger partial charge in [0.05, 0.1) is 30.6 Å². The summed E-state index contributed by atoms with van der Waals surface area (Å²) in [5.74, 6) is 0.000185. The van der Waals surface area contributed by atoms with Gasteiger partial charge in [-0.3, -0.25) is 4.79 Å². The summed E-state index contributed by atoms with van der Waals surface area (Å²) in [6, 6.07) is 3.64. The Kier molecular flexibility index (Phi) is 4.83. The Balaban J connectivity index is 0.00000147. The van der Waals surface area contributed by atoms with E-state index in [0.717, 1.165) is 12.8 Å². The molecule has 0 spiro atoms. The Hall–Kier alpha value is -1.33. The molecule has 6 heteroatoms. The molecule has 0 aromatic carbocycles. The number of carbonyl (C=O) groups is 1. The van der Waals surface area contributed by atoms with Gasteiger partial charge in [0.15, 0.2) is 0 Å². The fourth-order valence-corrected chi connectivity index (χ4v) is 3.03. The van der Waals surface area contributed by atoms with Crippen molar-refractivity contribution < 1.29 is 9.53 Å². The van der Waals surface area contributed by atoms with Gasteiger partial charge < -0.3 is 15.4 Å². The number of halogens is 1. The number of aromatic nitrogens is 1. The maximum absolute atomic E-state index is 12.5. The number of amides is 1. The molecule has 2 atom stereocenters. The normalized spacial score (nSPS) is 25.5. The average molecular weight is 298 g/mol. The summed E-state index contributed by atoms with van der Waals surface area (Å²) >= 11 is 0. The van der Waals surface area contributed by atoms with Crippen LogP contribution in [0.15, 0.2) is 18.3 Å². The number of pyridine rings is 1. The average Bonchev–Trinajstić information content (AvgIpc) is 2.47. The molecule has 20 heavy (non-hydrogen) atoms. The van der Waals surface area contributed by atoms with Crippen LogP contribution in [0.1, 0.15) is 36.2 Å². The van der Waals surface area contributed by atoms with Crippen molar-refractivity contribution in [3.05, 3.63) is 24.0 Å². The number of nitrogen functional groups attached to an aromatic ring is 1. The largest absolute Gasteiger partial charge is 0.397 e. The highest BCUT2D eigenvalue weighted by Gasteiger charge is 2.37. The van der Waals surface area contributed by atoms with Gasteiger partial charge in [-0.05, 0) is 25.0 Å². The van der Waals surface area contributed by atoms with Gasteiger partial charge in [0.2, 0.25) is 0 Å². The lowest BCUT2D eigenvalue weighted by molar-refractivity contribution is -0.0754. The van der Waals surface area contributed by atoms with Crippen molar-refractivity contribution >= 4 is 24.0 Å². The van der Waals surface area contributed by atoms with Crippen molar-refractivity contribution in [3.63, 3.8) is 0 Å². The van der Waals surface area contributed by atoms with E-state index in [1.165, 1.54) is 19.0 Å². The van der Waals surface area contributed by atoms with Crippen LogP contribution in [0.2, 0.25) is 0 Å². The third kappa shape index (κ3) is 2.88. The van der Waals surface area contributed by atoms with E-state index in [1.807, 2.05) is 4.90 Å². The van der Waals surface area contributed by atoms with Crippen LogP contribution in [-0.4, -0.2) is 41.1 Å². The molecule has 2 unspecified atom stereocenters. The number of nitrogens with zero attached hydrogens (tertiary/aromatic N) is 2. The first-order chi connectivity index (χ1) is 9.25. The summed E-state index contributed by atoms with van der Waals surface area (Å²) in [6.45, 7) is 1.29. The molecule has 2 N–H and O–H groups in total. The fraction of sp³-hybridized carbons (Fsp3) is 0.571. The zero-order valence-corrected chi connectivity index (χ0v) is 12.1. The Labute approximate surface area is 124 Å². The van der Waals surface area contributed by atoms with Crippen molar-refractivity contribution in [2.24, 2.45) is 0 Å². The minimum absolute atomic E-state index is 0.